The molecular weight excluding hydrogens is 400 g/mol. The van der Waals surface area contributed by atoms with Crippen LogP contribution in [0.2, 0.25) is 0 Å². The lowest BCUT2D eigenvalue weighted by Crippen LogP contribution is -2.40. The van der Waals surface area contributed by atoms with Crippen molar-refractivity contribution in [2.75, 3.05) is 20.2 Å². The highest BCUT2D eigenvalue weighted by Gasteiger charge is 2.15. The first-order chi connectivity index (χ1) is 10.2. The predicted octanol–water partition coefficient (Wildman–Crippen LogP) is 1.78. The molecule has 22 heavy (non-hydrogen) atoms. The van der Waals surface area contributed by atoms with Gasteiger partial charge in [-0.25, -0.2) is 4.39 Å². The van der Waals surface area contributed by atoms with Crippen LogP contribution in [0.4, 0.5) is 4.39 Å². The molecule has 5 nitrogen and oxygen atoms in total. The molecule has 0 radical (unpaired) electrons. The summed E-state index contributed by atoms with van der Waals surface area (Å²) in [7, 11) is 1.70. The molecule has 1 saturated heterocycles. The minimum absolute atomic E-state index is 0. The number of hydrogen-bond acceptors (Lipinski definition) is 3. The zero-order valence-electron chi connectivity index (χ0n) is 12.6. The standard InChI is InChI=1S/C15H22FN3O2.HI/c1-17-15(19-9-13-3-2-6-21-13)18-8-11-4-5-14(16)12(7-11)10-20;/h4-5,7,13,20H,2-3,6,8-10H2,1H3,(H2,17,18,19);1H. The van der Waals surface area contributed by atoms with Crippen LogP contribution in [-0.2, 0) is 17.9 Å². The number of aliphatic hydroxyl groups excluding tert-OH is 1. The van der Waals surface area contributed by atoms with Gasteiger partial charge in [-0.2, -0.15) is 0 Å². The Bertz CT molecular complexity index is 494. The number of aliphatic imine (C=N–C) groups is 1. The monoisotopic (exact) mass is 423 g/mol. The van der Waals surface area contributed by atoms with Gasteiger partial charge in [0.15, 0.2) is 5.96 Å². The van der Waals surface area contributed by atoms with Gasteiger partial charge in [0.1, 0.15) is 5.82 Å². The van der Waals surface area contributed by atoms with Crippen LogP contribution in [0.5, 0.6) is 0 Å². The molecule has 0 aromatic heterocycles. The van der Waals surface area contributed by atoms with Gasteiger partial charge in [-0.15, -0.1) is 24.0 Å². The van der Waals surface area contributed by atoms with Crippen LogP contribution in [0.1, 0.15) is 24.0 Å². The van der Waals surface area contributed by atoms with E-state index in [-0.39, 0.29) is 42.5 Å². The number of rotatable bonds is 5. The average molecular weight is 423 g/mol. The van der Waals surface area contributed by atoms with E-state index in [1.54, 1.807) is 19.2 Å². The summed E-state index contributed by atoms with van der Waals surface area (Å²) in [4.78, 5) is 4.14. The molecule has 2 rings (SSSR count). The molecule has 0 spiro atoms. The largest absolute Gasteiger partial charge is 0.392 e. The molecule has 0 amide bonds. The summed E-state index contributed by atoms with van der Waals surface area (Å²) in [6, 6.07) is 4.70. The van der Waals surface area contributed by atoms with Crippen molar-refractivity contribution >= 4 is 29.9 Å². The van der Waals surface area contributed by atoms with Gasteiger partial charge in [-0.3, -0.25) is 4.99 Å². The van der Waals surface area contributed by atoms with Crippen molar-refractivity contribution in [3.05, 3.63) is 35.1 Å². The lowest BCUT2D eigenvalue weighted by atomic mass is 10.1. The van der Waals surface area contributed by atoms with Crippen LogP contribution in [0, 0.1) is 5.82 Å². The van der Waals surface area contributed by atoms with Crippen molar-refractivity contribution in [3.63, 3.8) is 0 Å². The number of hydrogen-bond donors (Lipinski definition) is 3. The second-order valence-corrected chi connectivity index (χ2v) is 5.03. The second kappa shape index (κ2) is 9.96. The molecule has 7 heteroatoms. The van der Waals surface area contributed by atoms with E-state index in [9.17, 15) is 4.39 Å². The number of aliphatic hydroxyl groups is 1. The Labute approximate surface area is 147 Å². The predicted molar refractivity (Wildman–Crippen MR) is 94.9 cm³/mol. The van der Waals surface area contributed by atoms with E-state index in [2.05, 4.69) is 15.6 Å². The van der Waals surface area contributed by atoms with E-state index in [1.165, 1.54) is 6.07 Å². The fraction of sp³-hybridized carbons (Fsp3) is 0.533. The number of guanidine groups is 1. The van der Waals surface area contributed by atoms with Gasteiger partial charge in [0.05, 0.1) is 12.7 Å². The van der Waals surface area contributed by atoms with Gasteiger partial charge < -0.3 is 20.5 Å². The highest BCUT2D eigenvalue weighted by molar-refractivity contribution is 14.0. The van der Waals surface area contributed by atoms with Crippen LogP contribution in [0.25, 0.3) is 0 Å². The Balaban J connectivity index is 0.00000242. The van der Waals surface area contributed by atoms with Crippen LogP contribution in [0.3, 0.4) is 0 Å². The topological polar surface area (TPSA) is 65.9 Å². The number of nitrogens with zero attached hydrogens (tertiary/aromatic N) is 1. The quantitative estimate of drug-likeness (QED) is 0.384. The van der Waals surface area contributed by atoms with Gasteiger partial charge >= 0.3 is 0 Å². The van der Waals surface area contributed by atoms with Crippen molar-refractivity contribution in [3.8, 4) is 0 Å². The molecule has 0 bridgehead atoms. The van der Waals surface area contributed by atoms with E-state index in [0.717, 1.165) is 31.6 Å². The van der Waals surface area contributed by atoms with Gasteiger partial charge in [0.2, 0.25) is 0 Å². The van der Waals surface area contributed by atoms with Crippen LogP contribution >= 0.6 is 24.0 Å². The smallest absolute Gasteiger partial charge is 0.191 e. The maximum atomic E-state index is 13.3. The Kier molecular flexibility index (Phi) is 8.66. The summed E-state index contributed by atoms with van der Waals surface area (Å²) in [6.07, 6.45) is 2.43. The molecular formula is C15H23FIN3O2. The third-order valence-corrected chi connectivity index (χ3v) is 3.49. The van der Waals surface area contributed by atoms with E-state index in [0.29, 0.717) is 18.1 Å². The number of nitrogens with one attached hydrogen (secondary N) is 2. The van der Waals surface area contributed by atoms with Gasteiger partial charge in [0.25, 0.3) is 0 Å². The Hall–Kier alpha value is -0.930. The summed E-state index contributed by atoms with van der Waals surface area (Å²) in [6.45, 7) is 1.77. The molecule has 124 valence electrons. The Morgan fingerprint density at radius 2 is 2.27 bits per heavy atom. The molecule has 1 aliphatic rings. The van der Waals surface area contributed by atoms with Crippen molar-refractivity contribution in [1.82, 2.24) is 10.6 Å². The third-order valence-electron chi connectivity index (χ3n) is 3.49. The molecule has 0 saturated carbocycles. The fourth-order valence-corrected chi connectivity index (χ4v) is 2.28. The van der Waals surface area contributed by atoms with Crippen molar-refractivity contribution in [2.24, 2.45) is 4.99 Å². The molecule has 1 aromatic rings. The fourth-order valence-electron chi connectivity index (χ4n) is 2.28. The highest BCUT2D eigenvalue weighted by Crippen LogP contribution is 2.11. The van der Waals surface area contributed by atoms with E-state index in [4.69, 9.17) is 9.84 Å². The van der Waals surface area contributed by atoms with E-state index < -0.39 is 0 Å². The molecule has 1 heterocycles. The average Bonchev–Trinajstić information content (AvgIpc) is 3.02. The molecule has 0 aliphatic carbocycles. The molecule has 3 N–H and O–H groups in total. The zero-order valence-corrected chi connectivity index (χ0v) is 15.0. The first kappa shape index (κ1) is 19.1. The normalized spacial score (nSPS) is 18.0. The van der Waals surface area contributed by atoms with Crippen molar-refractivity contribution in [2.45, 2.75) is 32.1 Å². The first-order valence-corrected chi connectivity index (χ1v) is 7.17. The molecule has 1 aromatic carbocycles. The van der Waals surface area contributed by atoms with E-state index >= 15 is 0 Å². The minimum Gasteiger partial charge on any atom is -0.392 e. The molecule has 1 fully saturated rings. The lowest BCUT2D eigenvalue weighted by Gasteiger charge is -2.15. The number of benzene rings is 1. The number of ether oxygens (including phenoxy) is 1. The summed E-state index contributed by atoms with van der Waals surface area (Å²) in [5.74, 6) is 0.294. The third kappa shape index (κ3) is 5.69. The SMILES string of the molecule is CN=C(NCc1ccc(F)c(CO)c1)NCC1CCCO1.I. The maximum Gasteiger partial charge on any atom is 0.191 e. The summed E-state index contributed by atoms with van der Waals surface area (Å²) >= 11 is 0. The summed E-state index contributed by atoms with van der Waals surface area (Å²) in [5, 5.41) is 15.4. The molecule has 1 atom stereocenters. The van der Waals surface area contributed by atoms with Crippen molar-refractivity contribution < 1.29 is 14.2 Å². The zero-order chi connectivity index (χ0) is 15.1. The lowest BCUT2D eigenvalue weighted by molar-refractivity contribution is 0.114. The minimum atomic E-state index is -0.387. The van der Waals surface area contributed by atoms with Gasteiger partial charge in [-0.1, -0.05) is 6.07 Å². The van der Waals surface area contributed by atoms with Crippen LogP contribution in [0.15, 0.2) is 23.2 Å². The van der Waals surface area contributed by atoms with Gasteiger partial charge in [0, 0.05) is 32.3 Å². The van der Waals surface area contributed by atoms with E-state index in [1.807, 2.05) is 0 Å². The second-order valence-electron chi connectivity index (χ2n) is 5.03. The summed E-state index contributed by atoms with van der Waals surface area (Å²) in [5.41, 5.74) is 1.19. The number of halogens is 2. The summed E-state index contributed by atoms with van der Waals surface area (Å²) < 4.78 is 18.8. The first-order valence-electron chi connectivity index (χ1n) is 7.17. The Morgan fingerprint density at radius 1 is 1.45 bits per heavy atom. The van der Waals surface area contributed by atoms with Crippen LogP contribution in [-0.4, -0.2) is 37.4 Å². The van der Waals surface area contributed by atoms with Crippen LogP contribution < -0.4 is 10.6 Å². The highest BCUT2D eigenvalue weighted by atomic mass is 127. The van der Waals surface area contributed by atoms with Gasteiger partial charge in [-0.05, 0) is 30.5 Å². The molecule has 1 unspecified atom stereocenters. The maximum absolute atomic E-state index is 13.3. The van der Waals surface area contributed by atoms with Crippen molar-refractivity contribution in [1.29, 1.82) is 0 Å². The Morgan fingerprint density at radius 3 is 2.91 bits per heavy atom. The molecule has 1 aliphatic heterocycles.